The molecule has 0 bridgehead atoms. The first kappa shape index (κ1) is 23.9. The van der Waals surface area contributed by atoms with Crippen LogP contribution in [0, 0.1) is 12.8 Å². The monoisotopic (exact) mass is 455 g/mol. The van der Waals surface area contributed by atoms with Crippen LogP contribution < -0.4 is 20.3 Å². The highest BCUT2D eigenvalue weighted by atomic mass is 16.5. The molecule has 2 aliphatic rings. The zero-order chi connectivity index (χ0) is 23.2. The van der Waals surface area contributed by atoms with Gasteiger partial charge in [-0.3, -0.25) is 0 Å². The lowest BCUT2D eigenvalue weighted by molar-refractivity contribution is 0.108. The molecule has 2 unspecified atom stereocenters. The first-order valence-electron chi connectivity index (χ1n) is 12.0. The van der Waals surface area contributed by atoms with E-state index in [0.29, 0.717) is 24.3 Å². The predicted molar refractivity (Wildman–Crippen MR) is 130 cm³/mol. The van der Waals surface area contributed by atoms with Crippen LogP contribution in [0.4, 0.5) is 5.82 Å². The summed E-state index contributed by atoms with van der Waals surface area (Å²) in [6.45, 7) is 9.58. The number of piperazine rings is 1. The molecule has 8 heteroatoms. The summed E-state index contributed by atoms with van der Waals surface area (Å²) in [4.78, 5) is 12.5. The van der Waals surface area contributed by atoms with Gasteiger partial charge in [-0.2, -0.15) is 0 Å². The number of benzene rings is 1. The number of anilines is 1. The first-order chi connectivity index (χ1) is 16.0. The second-order valence-electron chi connectivity index (χ2n) is 9.17. The molecule has 2 fully saturated rings. The van der Waals surface area contributed by atoms with Crippen molar-refractivity contribution in [2.45, 2.75) is 38.8 Å². The third-order valence-corrected chi connectivity index (χ3v) is 6.47. The Morgan fingerprint density at radius 1 is 1.36 bits per heavy atom. The van der Waals surface area contributed by atoms with E-state index in [1.165, 1.54) is 5.56 Å². The number of hydrogen-bond donors (Lipinski definition) is 3. The Morgan fingerprint density at radius 2 is 2.24 bits per heavy atom. The Morgan fingerprint density at radius 3 is 3.00 bits per heavy atom. The minimum atomic E-state index is -0.560. The van der Waals surface area contributed by atoms with Gasteiger partial charge in [0.25, 0.3) is 0 Å². The number of aliphatic hydroxyl groups excluding tert-OH is 1. The lowest BCUT2D eigenvalue weighted by atomic mass is 9.99. The first-order valence-corrected chi connectivity index (χ1v) is 12.0. The van der Waals surface area contributed by atoms with Crippen LogP contribution in [0.1, 0.15) is 24.6 Å². The fourth-order valence-corrected chi connectivity index (χ4v) is 4.54. The van der Waals surface area contributed by atoms with Gasteiger partial charge in [-0.1, -0.05) is 12.1 Å². The van der Waals surface area contributed by atoms with Crippen molar-refractivity contribution in [3.63, 3.8) is 0 Å². The molecule has 3 N–H and O–H groups in total. The molecule has 1 aromatic carbocycles. The van der Waals surface area contributed by atoms with Gasteiger partial charge in [-0.25, -0.2) is 9.97 Å². The number of nitrogens with zero attached hydrogens (tertiary/aromatic N) is 3. The molecule has 0 spiro atoms. The summed E-state index contributed by atoms with van der Waals surface area (Å²) in [5.74, 6) is 2.95. The molecule has 0 saturated carbocycles. The lowest BCUT2D eigenvalue weighted by Gasteiger charge is -2.36. The van der Waals surface area contributed by atoms with E-state index in [1.807, 2.05) is 31.3 Å². The molecular weight excluding hydrogens is 418 g/mol. The van der Waals surface area contributed by atoms with E-state index in [2.05, 4.69) is 29.4 Å². The number of aromatic nitrogens is 2. The molecule has 4 rings (SSSR count). The second-order valence-corrected chi connectivity index (χ2v) is 9.17. The largest absolute Gasteiger partial charge is 0.491 e. The summed E-state index contributed by atoms with van der Waals surface area (Å²) in [7, 11) is 1.81. The van der Waals surface area contributed by atoms with Gasteiger partial charge in [-0.15, -0.1) is 0 Å². The van der Waals surface area contributed by atoms with Crippen LogP contribution in [0.3, 0.4) is 0 Å². The Labute approximate surface area is 196 Å². The number of nitrogens with one attached hydrogen (secondary N) is 2. The Balaban J connectivity index is 1.65. The van der Waals surface area contributed by atoms with Crippen LogP contribution in [0.2, 0.25) is 0 Å². The Bertz CT molecular complexity index is 919. The van der Waals surface area contributed by atoms with Gasteiger partial charge >= 0.3 is 0 Å². The van der Waals surface area contributed by atoms with Crippen molar-refractivity contribution < 1.29 is 14.6 Å². The number of aliphatic hydroxyl groups is 1. The third kappa shape index (κ3) is 6.00. The standard InChI is InChI=1S/C25H37N5O3/c1-17-13-27-8-9-30(17)25-18(2)23(11-19-7-10-32-15-19)28-24(29-25)20-5-4-6-22(12-20)33-16-21(31)14-26-3/h4-6,12,17,19,21,26-27,31H,7-11,13-16H2,1-3H3/t17-,19?,21?/m1/s1. The second kappa shape index (κ2) is 11.2. The molecule has 33 heavy (non-hydrogen) atoms. The molecule has 3 atom stereocenters. The predicted octanol–water partition coefficient (Wildman–Crippen LogP) is 1.79. The summed E-state index contributed by atoms with van der Waals surface area (Å²) >= 11 is 0. The number of rotatable bonds is 9. The number of hydrogen-bond acceptors (Lipinski definition) is 8. The van der Waals surface area contributed by atoms with E-state index in [-0.39, 0.29) is 6.61 Å². The zero-order valence-electron chi connectivity index (χ0n) is 20.0. The highest BCUT2D eigenvalue weighted by Gasteiger charge is 2.26. The molecule has 3 heterocycles. The van der Waals surface area contributed by atoms with Crippen molar-refractivity contribution in [2.75, 3.05) is 57.9 Å². The SMILES string of the molecule is CNCC(O)COc1cccc(-c2nc(CC3CCOC3)c(C)c(N3CCNC[C@H]3C)n2)c1. The maximum absolute atomic E-state index is 9.97. The molecule has 2 saturated heterocycles. The van der Waals surface area contributed by atoms with E-state index in [1.54, 1.807) is 0 Å². The molecule has 0 aliphatic carbocycles. The van der Waals surface area contributed by atoms with Crippen molar-refractivity contribution in [3.05, 3.63) is 35.5 Å². The molecule has 180 valence electrons. The summed E-state index contributed by atoms with van der Waals surface area (Å²) in [6.07, 6.45) is 1.42. The van der Waals surface area contributed by atoms with Crippen molar-refractivity contribution in [3.8, 4) is 17.1 Å². The fraction of sp³-hybridized carbons (Fsp3) is 0.600. The van der Waals surface area contributed by atoms with Gasteiger partial charge < -0.3 is 30.1 Å². The van der Waals surface area contributed by atoms with Crippen LogP contribution in [0.5, 0.6) is 5.75 Å². The normalized spacial score (nSPS) is 21.9. The quantitative estimate of drug-likeness (QED) is 0.527. The van der Waals surface area contributed by atoms with Crippen LogP contribution in [-0.2, 0) is 11.2 Å². The Hall–Kier alpha value is -2.26. The summed E-state index contributed by atoms with van der Waals surface area (Å²) in [5.41, 5.74) is 3.19. The van der Waals surface area contributed by atoms with Gasteiger partial charge in [0.15, 0.2) is 5.82 Å². The molecule has 2 aliphatic heterocycles. The van der Waals surface area contributed by atoms with E-state index in [9.17, 15) is 5.11 Å². The lowest BCUT2D eigenvalue weighted by Crippen LogP contribution is -2.50. The van der Waals surface area contributed by atoms with Crippen molar-refractivity contribution in [2.24, 2.45) is 5.92 Å². The van der Waals surface area contributed by atoms with Crippen LogP contribution in [-0.4, -0.2) is 80.3 Å². The van der Waals surface area contributed by atoms with Crippen LogP contribution in [0.25, 0.3) is 11.4 Å². The van der Waals surface area contributed by atoms with E-state index in [4.69, 9.17) is 19.4 Å². The molecule has 1 aromatic heterocycles. The van der Waals surface area contributed by atoms with Crippen LogP contribution in [0.15, 0.2) is 24.3 Å². The average Bonchev–Trinajstić information content (AvgIpc) is 3.33. The van der Waals surface area contributed by atoms with Crippen LogP contribution >= 0.6 is 0 Å². The molecule has 8 nitrogen and oxygen atoms in total. The van der Waals surface area contributed by atoms with Gasteiger partial charge in [-0.05, 0) is 51.8 Å². The number of likely N-dealkylation sites (N-methyl/N-ethyl adjacent to an activating group) is 1. The summed E-state index contributed by atoms with van der Waals surface area (Å²) in [5, 5.41) is 16.4. The van der Waals surface area contributed by atoms with Crippen molar-refractivity contribution >= 4 is 5.82 Å². The molecule has 2 aromatic rings. The molecule has 0 amide bonds. The Kier molecular flexibility index (Phi) is 8.14. The average molecular weight is 456 g/mol. The van der Waals surface area contributed by atoms with Gasteiger partial charge in [0.05, 0.1) is 0 Å². The van der Waals surface area contributed by atoms with E-state index in [0.717, 1.165) is 68.6 Å². The number of ether oxygens (including phenoxy) is 2. The van der Waals surface area contributed by atoms with Gasteiger partial charge in [0, 0.05) is 62.3 Å². The van der Waals surface area contributed by atoms with Gasteiger partial charge in [0.1, 0.15) is 24.3 Å². The highest BCUT2D eigenvalue weighted by molar-refractivity contribution is 5.62. The minimum Gasteiger partial charge on any atom is -0.491 e. The molecule has 0 radical (unpaired) electrons. The van der Waals surface area contributed by atoms with Gasteiger partial charge in [0.2, 0.25) is 0 Å². The smallest absolute Gasteiger partial charge is 0.161 e. The van der Waals surface area contributed by atoms with Crippen molar-refractivity contribution in [1.82, 2.24) is 20.6 Å². The zero-order valence-corrected chi connectivity index (χ0v) is 20.0. The summed E-state index contributed by atoms with van der Waals surface area (Å²) in [6, 6.07) is 8.21. The molecular formula is C25H37N5O3. The maximum Gasteiger partial charge on any atom is 0.161 e. The highest BCUT2D eigenvalue weighted by Crippen LogP contribution is 2.30. The maximum atomic E-state index is 9.97. The topological polar surface area (TPSA) is 91.8 Å². The van der Waals surface area contributed by atoms with E-state index >= 15 is 0 Å². The third-order valence-electron chi connectivity index (χ3n) is 6.47. The minimum absolute atomic E-state index is 0.232. The van der Waals surface area contributed by atoms with Crippen molar-refractivity contribution in [1.29, 1.82) is 0 Å². The summed E-state index contributed by atoms with van der Waals surface area (Å²) < 4.78 is 11.5. The van der Waals surface area contributed by atoms with E-state index < -0.39 is 6.10 Å². The fourth-order valence-electron chi connectivity index (χ4n) is 4.54.